The molecule has 0 spiro atoms. The van der Waals surface area contributed by atoms with Gasteiger partial charge in [-0.2, -0.15) is 0 Å². The highest BCUT2D eigenvalue weighted by molar-refractivity contribution is 6.90. The molecule has 0 atom stereocenters. The monoisotopic (exact) mass is 316 g/mol. The van der Waals surface area contributed by atoms with Crippen LogP contribution < -0.4 is 0 Å². The van der Waals surface area contributed by atoms with Crippen LogP contribution in [-0.4, -0.2) is 19.8 Å². The minimum atomic E-state index is -1.64. The van der Waals surface area contributed by atoms with Gasteiger partial charge in [0, 0.05) is 12.2 Å². The summed E-state index contributed by atoms with van der Waals surface area (Å²) in [4.78, 5) is 0. The molecule has 0 aliphatic rings. The molecule has 22 heavy (non-hydrogen) atoms. The maximum atomic E-state index is 8.89. The van der Waals surface area contributed by atoms with E-state index in [1.165, 1.54) is 5.56 Å². The van der Waals surface area contributed by atoms with E-state index in [0.717, 1.165) is 18.4 Å². The van der Waals surface area contributed by atoms with Crippen molar-refractivity contribution in [1.29, 1.82) is 0 Å². The Labute approximate surface area is 138 Å². The molecule has 0 fully saturated rings. The first kappa shape index (κ1) is 19.0. The third-order valence-electron chi connectivity index (χ3n) is 4.87. The Morgan fingerprint density at radius 2 is 1.41 bits per heavy atom. The lowest BCUT2D eigenvalue weighted by atomic mass is 10.1. The molecule has 0 saturated heterocycles. The fraction of sp³-hybridized carbons (Fsp3) is 0.600. The van der Waals surface area contributed by atoms with Crippen molar-refractivity contribution in [1.82, 2.24) is 0 Å². The van der Waals surface area contributed by atoms with Gasteiger partial charge in [-0.15, -0.1) is 22.5 Å². The van der Waals surface area contributed by atoms with E-state index in [9.17, 15) is 0 Å². The molecule has 0 aromatic heterocycles. The second-order valence-electron chi connectivity index (χ2n) is 7.17. The molecule has 1 nitrogen and oxygen atoms in total. The number of hydrogen-bond donors (Lipinski definition) is 1. The van der Waals surface area contributed by atoms with Crippen LogP contribution in [0.15, 0.2) is 24.3 Å². The highest BCUT2D eigenvalue weighted by atomic mass is 28.3. The second kappa shape index (κ2) is 8.55. The summed E-state index contributed by atoms with van der Waals surface area (Å²) in [5.41, 5.74) is 8.16. The van der Waals surface area contributed by atoms with Crippen molar-refractivity contribution in [3.05, 3.63) is 35.4 Å². The van der Waals surface area contributed by atoms with Crippen LogP contribution in [0, 0.1) is 11.5 Å². The van der Waals surface area contributed by atoms with Crippen molar-refractivity contribution in [2.45, 2.75) is 71.0 Å². The van der Waals surface area contributed by atoms with Gasteiger partial charge in [0.25, 0.3) is 0 Å². The fourth-order valence-electron chi connectivity index (χ4n) is 3.65. The first-order valence-corrected chi connectivity index (χ1v) is 10.8. The predicted molar refractivity (Wildman–Crippen MR) is 99.8 cm³/mol. The van der Waals surface area contributed by atoms with Crippen LogP contribution in [-0.2, 0) is 6.42 Å². The molecular formula is C20H32OSi-. The molecule has 1 rings (SSSR count). The largest absolute Gasteiger partial charge is 0.396 e. The predicted octanol–water partition coefficient (Wildman–Crippen LogP) is 5.18. The summed E-state index contributed by atoms with van der Waals surface area (Å²) in [5, 5.41) is 8.89. The summed E-state index contributed by atoms with van der Waals surface area (Å²) >= 11 is 0. The average molecular weight is 317 g/mol. The minimum absolute atomic E-state index is 0.257. The molecule has 123 valence electrons. The summed E-state index contributed by atoms with van der Waals surface area (Å²) in [5.74, 6) is 3.48. The van der Waals surface area contributed by atoms with Crippen LogP contribution in [0.25, 0.3) is 0 Å². The molecule has 1 aromatic carbocycles. The normalized spacial score (nSPS) is 11.9. The molecule has 0 radical (unpaired) electrons. The van der Waals surface area contributed by atoms with Gasteiger partial charge in [-0.05, 0) is 30.5 Å². The van der Waals surface area contributed by atoms with Crippen molar-refractivity contribution in [3.63, 3.8) is 0 Å². The highest BCUT2D eigenvalue weighted by Crippen LogP contribution is 2.40. The third-order valence-corrected chi connectivity index (χ3v) is 11.2. The van der Waals surface area contributed by atoms with E-state index in [1.807, 2.05) is 0 Å². The Morgan fingerprint density at radius 1 is 0.909 bits per heavy atom. The standard InChI is InChI=1S/C20H32OSi/c1-16(2)22(17(3)4,18(5)6)15-13-20-11-9-19(10-12-20)8-7-14-21/h9-12,16-18,21H,7-8,14H2,1-6H3/q-1. The molecule has 1 aromatic rings. The number of aliphatic hydroxyl groups is 1. The topological polar surface area (TPSA) is 20.2 Å². The van der Waals surface area contributed by atoms with Crippen LogP contribution >= 0.6 is 0 Å². The van der Waals surface area contributed by atoms with E-state index in [0.29, 0.717) is 16.6 Å². The molecule has 1 N–H and O–H groups in total. The van der Waals surface area contributed by atoms with Gasteiger partial charge in [0.1, 0.15) is 0 Å². The van der Waals surface area contributed by atoms with Crippen LogP contribution in [0.2, 0.25) is 16.6 Å². The third kappa shape index (κ3) is 4.48. The minimum Gasteiger partial charge on any atom is -0.396 e. The summed E-state index contributed by atoms with van der Waals surface area (Å²) in [6.07, 6.45) is 1.77. The zero-order valence-corrected chi connectivity index (χ0v) is 16.1. The lowest BCUT2D eigenvalue weighted by molar-refractivity contribution is 0.288. The van der Waals surface area contributed by atoms with Crippen LogP contribution in [0.1, 0.15) is 59.1 Å². The van der Waals surface area contributed by atoms with E-state index >= 15 is 0 Å². The van der Waals surface area contributed by atoms with Crippen LogP contribution in [0.5, 0.6) is 0 Å². The molecular weight excluding hydrogens is 284 g/mol. The molecule has 0 saturated carbocycles. The maximum absolute atomic E-state index is 8.89. The van der Waals surface area contributed by atoms with E-state index < -0.39 is 8.07 Å². The Morgan fingerprint density at radius 3 is 1.82 bits per heavy atom. The molecule has 0 aliphatic heterocycles. The molecule has 0 unspecified atom stereocenters. The maximum Gasteiger partial charge on any atom is 0.0434 e. The lowest BCUT2D eigenvalue weighted by Gasteiger charge is -2.50. The molecule has 2 heteroatoms. The fourth-order valence-corrected chi connectivity index (χ4v) is 8.88. The second-order valence-corrected chi connectivity index (χ2v) is 12.8. The number of aryl methyl sites for hydroxylation is 1. The molecule has 0 amide bonds. The molecule has 0 heterocycles. The smallest absolute Gasteiger partial charge is 0.0434 e. The first-order chi connectivity index (χ1) is 10.3. The quantitative estimate of drug-likeness (QED) is 0.566. The van der Waals surface area contributed by atoms with Crippen molar-refractivity contribution in [2.75, 3.05) is 6.61 Å². The first-order valence-electron chi connectivity index (χ1n) is 8.57. The van der Waals surface area contributed by atoms with Gasteiger partial charge in [0.2, 0.25) is 0 Å². The van der Waals surface area contributed by atoms with Crippen LogP contribution in [0.4, 0.5) is 0 Å². The summed E-state index contributed by atoms with van der Waals surface area (Å²) < 4.78 is 0. The van der Waals surface area contributed by atoms with Gasteiger partial charge in [0.15, 0.2) is 0 Å². The number of aliphatic hydroxyl groups excluding tert-OH is 1. The Balaban J connectivity index is 3.03. The molecule has 0 aliphatic carbocycles. The summed E-state index contributed by atoms with van der Waals surface area (Å²) in [7, 11) is -1.64. The number of rotatable bonds is 6. The Bertz CT molecular complexity index is 481. The van der Waals surface area contributed by atoms with Crippen molar-refractivity contribution in [2.24, 2.45) is 0 Å². The average Bonchev–Trinajstić information content (AvgIpc) is 2.45. The van der Waals surface area contributed by atoms with Gasteiger partial charge in [-0.1, -0.05) is 61.7 Å². The van der Waals surface area contributed by atoms with Crippen molar-refractivity contribution in [3.8, 4) is 11.5 Å². The number of benzene rings is 1. The lowest BCUT2D eigenvalue weighted by Crippen LogP contribution is -2.43. The van der Waals surface area contributed by atoms with Crippen molar-refractivity contribution < 1.29 is 5.11 Å². The Hall–Kier alpha value is -1.04. The summed E-state index contributed by atoms with van der Waals surface area (Å²) in [6.45, 7) is 14.3. The van der Waals surface area contributed by atoms with Gasteiger partial charge >= 0.3 is 0 Å². The molecule has 0 bridgehead atoms. The summed E-state index contributed by atoms with van der Waals surface area (Å²) in [6, 6.07) is 8.53. The zero-order valence-electron chi connectivity index (χ0n) is 15.1. The van der Waals surface area contributed by atoms with Gasteiger partial charge in [-0.25, -0.2) is 0 Å². The van der Waals surface area contributed by atoms with E-state index in [1.54, 1.807) is 0 Å². The SMILES string of the molecule is CC(C)[Si-](C#Cc1ccc(CCCO)cc1)(C(C)C)C(C)C. The van der Waals surface area contributed by atoms with E-state index in [-0.39, 0.29) is 6.61 Å². The van der Waals surface area contributed by atoms with Crippen molar-refractivity contribution >= 4 is 8.07 Å². The van der Waals surface area contributed by atoms with Gasteiger partial charge in [0.05, 0.1) is 0 Å². The van der Waals surface area contributed by atoms with Gasteiger partial charge < -0.3 is 5.11 Å². The van der Waals surface area contributed by atoms with Gasteiger partial charge in [-0.3, -0.25) is 5.54 Å². The zero-order chi connectivity index (χ0) is 16.8. The van der Waals surface area contributed by atoms with E-state index in [2.05, 4.69) is 77.3 Å². The number of hydrogen-bond acceptors (Lipinski definition) is 1. The highest BCUT2D eigenvalue weighted by Gasteiger charge is 2.28. The van der Waals surface area contributed by atoms with E-state index in [4.69, 9.17) is 5.11 Å². The van der Waals surface area contributed by atoms with Crippen LogP contribution in [0.3, 0.4) is 0 Å². The Kier molecular flexibility index (Phi) is 7.39.